The van der Waals surface area contributed by atoms with Gasteiger partial charge in [0.2, 0.25) is 5.91 Å². The fourth-order valence-corrected chi connectivity index (χ4v) is 2.53. The molecule has 1 aliphatic carbocycles. The second kappa shape index (κ2) is 6.60. The van der Waals surface area contributed by atoms with Crippen LogP contribution < -0.4 is 10.2 Å². The Labute approximate surface area is 131 Å². The van der Waals surface area contributed by atoms with E-state index in [0.717, 1.165) is 31.5 Å². The van der Waals surface area contributed by atoms with E-state index in [4.69, 9.17) is 0 Å². The maximum absolute atomic E-state index is 11.9. The van der Waals surface area contributed by atoms with E-state index in [1.807, 2.05) is 37.4 Å². The van der Waals surface area contributed by atoms with E-state index in [-0.39, 0.29) is 11.8 Å². The van der Waals surface area contributed by atoms with Crippen LogP contribution in [0.5, 0.6) is 0 Å². The van der Waals surface area contributed by atoms with Crippen LogP contribution in [0, 0.1) is 5.92 Å². The van der Waals surface area contributed by atoms with Crippen LogP contribution in [-0.2, 0) is 11.3 Å². The number of carbonyl (C=O) groups excluding carboxylic acids is 1. The molecule has 3 rings (SSSR count). The lowest BCUT2D eigenvalue weighted by molar-refractivity contribution is -0.122. The van der Waals surface area contributed by atoms with E-state index in [1.165, 1.54) is 5.56 Å². The number of benzene rings is 1. The van der Waals surface area contributed by atoms with Crippen LogP contribution in [0.2, 0.25) is 0 Å². The van der Waals surface area contributed by atoms with Gasteiger partial charge in [-0.05, 0) is 30.5 Å². The quantitative estimate of drug-likeness (QED) is 0.919. The number of aromatic nitrogens is 1. The second-order valence-corrected chi connectivity index (χ2v) is 5.86. The Morgan fingerprint density at radius 3 is 2.59 bits per heavy atom. The molecule has 0 radical (unpaired) electrons. The summed E-state index contributed by atoms with van der Waals surface area (Å²) >= 11 is 0. The Morgan fingerprint density at radius 2 is 2.00 bits per heavy atom. The van der Waals surface area contributed by atoms with Crippen molar-refractivity contribution in [3.8, 4) is 0 Å². The molecule has 114 valence electrons. The van der Waals surface area contributed by atoms with Crippen molar-refractivity contribution in [1.82, 2.24) is 4.98 Å². The van der Waals surface area contributed by atoms with E-state index < -0.39 is 0 Å². The SMILES string of the molecule is CN(Cc1ccccc1)c1ccc(NC(=O)C2CCC2)nc1. The van der Waals surface area contributed by atoms with Gasteiger partial charge in [-0.1, -0.05) is 36.8 Å². The molecule has 1 N–H and O–H groups in total. The fraction of sp³-hybridized carbons (Fsp3) is 0.333. The van der Waals surface area contributed by atoms with Gasteiger partial charge in [0.05, 0.1) is 11.9 Å². The van der Waals surface area contributed by atoms with Gasteiger partial charge in [-0.3, -0.25) is 4.79 Å². The minimum absolute atomic E-state index is 0.101. The summed E-state index contributed by atoms with van der Waals surface area (Å²) in [4.78, 5) is 18.4. The zero-order valence-corrected chi connectivity index (χ0v) is 12.8. The molecule has 0 spiro atoms. The number of amides is 1. The van der Waals surface area contributed by atoms with Gasteiger partial charge in [-0.15, -0.1) is 0 Å². The summed E-state index contributed by atoms with van der Waals surface area (Å²) in [5.41, 5.74) is 2.29. The third-order valence-corrected chi connectivity index (χ3v) is 4.18. The van der Waals surface area contributed by atoms with E-state index >= 15 is 0 Å². The summed E-state index contributed by atoms with van der Waals surface area (Å²) in [7, 11) is 2.04. The molecule has 1 heterocycles. The number of pyridine rings is 1. The van der Waals surface area contributed by atoms with Crippen LogP contribution >= 0.6 is 0 Å². The highest BCUT2D eigenvalue weighted by Crippen LogP contribution is 2.27. The molecule has 0 atom stereocenters. The van der Waals surface area contributed by atoms with Crippen molar-refractivity contribution >= 4 is 17.4 Å². The second-order valence-electron chi connectivity index (χ2n) is 5.86. The third-order valence-electron chi connectivity index (χ3n) is 4.18. The van der Waals surface area contributed by atoms with Crippen molar-refractivity contribution in [3.05, 3.63) is 54.2 Å². The molecule has 0 bridgehead atoms. The van der Waals surface area contributed by atoms with Gasteiger partial charge >= 0.3 is 0 Å². The number of carbonyl (C=O) groups is 1. The highest BCUT2D eigenvalue weighted by molar-refractivity contribution is 5.92. The lowest BCUT2D eigenvalue weighted by atomic mass is 9.85. The highest BCUT2D eigenvalue weighted by Gasteiger charge is 2.25. The maximum atomic E-state index is 11.9. The van der Waals surface area contributed by atoms with Gasteiger partial charge in [0.25, 0.3) is 0 Å². The monoisotopic (exact) mass is 295 g/mol. The molecule has 1 aliphatic rings. The highest BCUT2D eigenvalue weighted by atomic mass is 16.2. The van der Waals surface area contributed by atoms with Crippen LogP contribution in [0.1, 0.15) is 24.8 Å². The van der Waals surface area contributed by atoms with Crippen LogP contribution in [0.4, 0.5) is 11.5 Å². The molecule has 1 aromatic carbocycles. The van der Waals surface area contributed by atoms with Crippen molar-refractivity contribution in [3.63, 3.8) is 0 Å². The van der Waals surface area contributed by atoms with Crippen molar-refractivity contribution in [2.24, 2.45) is 5.92 Å². The van der Waals surface area contributed by atoms with Gasteiger partial charge in [-0.25, -0.2) is 4.98 Å². The first-order valence-electron chi connectivity index (χ1n) is 7.74. The number of hydrogen-bond donors (Lipinski definition) is 1. The molecule has 4 nitrogen and oxygen atoms in total. The molecular weight excluding hydrogens is 274 g/mol. The van der Waals surface area contributed by atoms with Crippen molar-refractivity contribution < 1.29 is 4.79 Å². The Hall–Kier alpha value is -2.36. The lowest BCUT2D eigenvalue weighted by Crippen LogP contribution is -2.28. The zero-order chi connectivity index (χ0) is 15.4. The molecule has 22 heavy (non-hydrogen) atoms. The molecule has 1 aromatic heterocycles. The van der Waals surface area contributed by atoms with Gasteiger partial charge in [-0.2, -0.15) is 0 Å². The normalized spacial score (nSPS) is 14.2. The topological polar surface area (TPSA) is 45.2 Å². The third kappa shape index (κ3) is 3.45. The Morgan fingerprint density at radius 1 is 1.23 bits per heavy atom. The number of nitrogens with one attached hydrogen (secondary N) is 1. The summed E-state index contributed by atoms with van der Waals surface area (Å²) < 4.78 is 0. The van der Waals surface area contributed by atoms with Crippen molar-refractivity contribution in [1.29, 1.82) is 0 Å². The van der Waals surface area contributed by atoms with Gasteiger partial charge < -0.3 is 10.2 Å². The minimum atomic E-state index is 0.101. The average molecular weight is 295 g/mol. The lowest BCUT2D eigenvalue weighted by Gasteiger charge is -2.24. The largest absolute Gasteiger partial charge is 0.369 e. The number of rotatable bonds is 5. The van der Waals surface area contributed by atoms with Gasteiger partial charge in [0, 0.05) is 19.5 Å². The fourth-order valence-electron chi connectivity index (χ4n) is 2.53. The van der Waals surface area contributed by atoms with Crippen LogP contribution in [0.3, 0.4) is 0 Å². The zero-order valence-electron chi connectivity index (χ0n) is 12.8. The van der Waals surface area contributed by atoms with E-state index in [2.05, 4.69) is 27.3 Å². The Bertz CT molecular complexity index is 621. The van der Waals surface area contributed by atoms with Gasteiger partial charge in [0.1, 0.15) is 5.82 Å². The number of nitrogens with zero attached hydrogens (tertiary/aromatic N) is 2. The summed E-state index contributed by atoms with van der Waals surface area (Å²) in [6.45, 7) is 0.830. The molecule has 1 saturated carbocycles. The molecular formula is C18H21N3O. The molecule has 0 aliphatic heterocycles. The van der Waals surface area contributed by atoms with Crippen molar-refractivity contribution in [2.75, 3.05) is 17.3 Å². The van der Waals surface area contributed by atoms with Gasteiger partial charge in [0.15, 0.2) is 0 Å². The first-order chi connectivity index (χ1) is 10.7. The molecule has 1 fully saturated rings. The summed E-state index contributed by atoms with van der Waals surface area (Å²) in [6, 6.07) is 14.2. The van der Waals surface area contributed by atoms with Crippen LogP contribution in [0.15, 0.2) is 48.7 Å². The van der Waals surface area contributed by atoms with E-state index in [0.29, 0.717) is 5.82 Å². The number of anilines is 2. The first kappa shape index (κ1) is 14.6. The number of hydrogen-bond acceptors (Lipinski definition) is 3. The average Bonchev–Trinajstić information content (AvgIpc) is 2.47. The molecule has 0 saturated heterocycles. The van der Waals surface area contributed by atoms with Crippen LogP contribution in [-0.4, -0.2) is 17.9 Å². The predicted octanol–water partition coefficient (Wildman–Crippen LogP) is 3.46. The summed E-state index contributed by atoms with van der Waals surface area (Å²) in [6.07, 6.45) is 4.97. The maximum Gasteiger partial charge on any atom is 0.228 e. The Kier molecular flexibility index (Phi) is 4.37. The minimum Gasteiger partial charge on any atom is -0.369 e. The summed E-state index contributed by atoms with van der Waals surface area (Å²) in [5, 5.41) is 2.89. The smallest absolute Gasteiger partial charge is 0.228 e. The van der Waals surface area contributed by atoms with E-state index in [9.17, 15) is 4.79 Å². The standard InChI is InChI=1S/C18H21N3O/c1-21(13-14-6-3-2-4-7-14)16-10-11-17(19-12-16)20-18(22)15-8-5-9-15/h2-4,6-7,10-12,15H,5,8-9,13H2,1H3,(H,19,20,22). The first-order valence-corrected chi connectivity index (χ1v) is 7.74. The predicted molar refractivity (Wildman–Crippen MR) is 88.8 cm³/mol. The molecule has 4 heteroatoms. The molecule has 0 unspecified atom stereocenters. The summed E-state index contributed by atoms with van der Waals surface area (Å²) in [5.74, 6) is 0.917. The Balaban J connectivity index is 1.59. The van der Waals surface area contributed by atoms with Crippen LogP contribution in [0.25, 0.3) is 0 Å². The van der Waals surface area contributed by atoms with Crippen molar-refractivity contribution in [2.45, 2.75) is 25.8 Å². The van der Waals surface area contributed by atoms with E-state index in [1.54, 1.807) is 6.20 Å². The molecule has 2 aromatic rings. The molecule has 1 amide bonds.